The number of aromatic nitrogens is 2. The number of amides is 5. The van der Waals surface area contributed by atoms with E-state index in [2.05, 4.69) is 25.9 Å². The Hall–Kier alpha value is -5.25. The minimum Gasteiger partial charge on any atom is -0.493 e. The predicted molar refractivity (Wildman–Crippen MR) is 166 cm³/mol. The number of ether oxygens (including phenoxy) is 2. The van der Waals surface area contributed by atoms with Crippen LogP contribution in [0, 0.1) is 11.6 Å². The topological polar surface area (TPSA) is 178 Å². The second kappa shape index (κ2) is 16.2. The average Bonchev–Trinajstić information content (AvgIpc) is 3.32. The minimum absolute atomic E-state index is 0.172. The maximum absolute atomic E-state index is 14.6. The monoisotopic (exact) mass is 655 g/mol. The summed E-state index contributed by atoms with van der Waals surface area (Å²) in [6.45, 7) is 0.706. The van der Waals surface area contributed by atoms with Crippen LogP contribution in [0.4, 0.5) is 25.2 Å². The number of fused-ring (bicyclic) bond motifs is 6. The largest absolute Gasteiger partial charge is 0.493 e. The van der Waals surface area contributed by atoms with Gasteiger partial charge in [-0.2, -0.15) is 16.7 Å². The van der Waals surface area contributed by atoms with Crippen LogP contribution in [0.5, 0.6) is 11.6 Å². The smallest absolute Gasteiger partial charge is 0.312 e. The Kier molecular flexibility index (Phi) is 11.8. The van der Waals surface area contributed by atoms with Crippen molar-refractivity contribution in [1.82, 2.24) is 25.5 Å². The van der Waals surface area contributed by atoms with Crippen LogP contribution in [0.25, 0.3) is 11.1 Å². The van der Waals surface area contributed by atoms with E-state index in [1.54, 1.807) is 17.8 Å². The molecule has 46 heavy (non-hydrogen) atoms. The molecule has 3 aromatic rings. The molecular formula is C30H31F2N7O6S. The lowest BCUT2D eigenvalue weighted by molar-refractivity contribution is -0.141. The third kappa shape index (κ3) is 9.62. The zero-order valence-electron chi connectivity index (χ0n) is 24.7. The first-order chi connectivity index (χ1) is 22.1. The molecule has 0 aliphatic carbocycles. The summed E-state index contributed by atoms with van der Waals surface area (Å²) in [6, 6.07) is 8.72. The van der Waals surface area contributed by atoms with Crippen molar-refractivity contribution in [2.75, 3.05) is 44.4 Å². The van der Waals surface area contributed by atoms with Gasteiger partial charge in [0.1, 0.15) is 35.6 Å². The molecule has 0 atom stereocenters. The highest BCUT2D eigenvalue weighted by Crippen LogP contribution is 2.34. The fourth-order valence-corrected chi connectivity index (χ4v) is 4.72. The summed E-state index contributed by atoms with van der Waals surface area (Å²) in [5.74, 6) is 0.0568. The fraction of sp³-hybridized carbons (Fsp3) is 0.267. The van der Waals surface area contributed by atoms with Gasteiger partial charge in [-0.3, -0.25) is 19.3 Å². The number of imide groups is 1. The molecule has 13 nitrogen and oxygen atoms in total. The molecule has 5 N–H and O–H groups in total. The molecule has 5 amide bonds. The molecule has 4 bridgehead atoms. The third-order valence-electron chi connectivity index (χ3n) is 6.26. The second-order valence-corrected chi connectivity index (χ2v) is 10.6. The van der Waals surface area contributed by atoms with Crippen molar-refractivity contribution >= 4 is 47.2 Å². The lowest BCUT2D eigenvalue weighted by atomic mass is 10.0. The zero-order chi connectivity index (χ0) is 33.1. The van der Waals surface area contributed by atoms with Gasteiger partial charge in [0.15, 0.2) is 0 Å². The highest BCUT2D eigenvalue weighted by molar-refractivity contribution is 7.97. The Bertz CT molecular complexity index is 1620. The molecule has 0 saturated heterocycles. The van der Waals surface area contributed by atoms with Gasteiger partial charge >= 0.3 is 6.03 Å². The highest BCUT2D eigenvalue weighted by Gasteiger charge is 2.25. The number of nitrogens with two attached hydrogens (primary N) is 1. The van der Waals surface area contributed by atoms with E-state index < -0.39 is 35.4 Å². The summed E-state index contributed by atoms with van der Waals surface area (Å²) in [5.41, 5.74) is 6.59. The standard InChI is InChI=1S/C21H19F2N3O2S.C9H12N4O4/c1-29-12-13-7-20-25-19-10-16(17(23)11-24-19)15-4-3-14(22)9-18(15)27-5-2-6-28-21(8-13)26-20;10-9(17)12-4-3-11-6(14)5-13-7(15)1-2-8(13)16/h3-4,7-11H,2,5-6,12H2,1H3,(H,24,25,26);1-2H,3-5H2,(H,11,14)(H3,10,12,17). The first-order valence-corrected chi connectivity index (χ1v) is 15.3. The molecule has 0 radical (unpaired) electrons. The lowest BCUT2D eigenvalue weighted by Gasteiger charge is -2.16. The molecule has 4 heterocycles. The quantitative estimate of drug-likeness (QED) is 0.219. The van der Waals surface area contributed by atoms with Crippen LogP contribution in [0.3, 0.4) is 0 Å². The molecule has 0 fully saturated rings. The van der Waals surface area contributed by atoms with Crippen molar-refractivity contribution in [2.45, 2.75) is 12.2 Å². The van der Waals surface area contributed by atoms with Crippen LogP contribution in [0.2, 0.25) is 0 Å². The Morgan fingerprint density at radius 2 is 1.74 bits per heavy atom. The average molecular weight is 656 g/mol. The molecule has 0 spiro atoms. The number of rotatable bonds is 7. The van der Waals surface area contributed by atoms with Gasteiger partial charge in [-0.25, -0.2) is 18.6 Å². The van der Waals surface area contributed by atoms with Gasteiger partial charge in [-0.1, -0.05) is 0 Å². The van der Waals surface area contributed by atoms with Gasteiger partial charge in [0, 0.05) is 60.7 Å². The van der Waals surface area contributed by atoms with E-state index in [-0.39, 0.29) is 30.9 Å². The van der Waals surface area contributed by atoms with Crippen LogP contribution >= 0.6 is 11.8 Å². The van der Waals surface area contributed by atoms with Crippen molar-refractivity contribution in [3.63, 3.8) is 0 Å². The van der Waals surface area contributed by atoms with E-state index in [1.807, 2.05) is 18.4 Å². The van der Waals surface area contributed by atoms with Crippen molar-refractivity contribution in [1.29, 1.82) is 0 Å². The number of halogens is 2. The third-order valence-corrected chi connectivity index (χ3v) is 6.88. The molecule has 2 aliphatic rings. The molecular weight excluding hydrogens is 624 g/mol. The molecule has 0 saturated carbocycles. The van der Waals surface area contributed by atoms with Crippen LogP contribution in [-0.4, -0.2) is 77.7 Å². The molecule has 1 aromatic carbocycles. The van der Waals surface area contributed by atoms with E-state index in [9.17, 15) is 28.0 Å². The second-order valence-electron chi connectivity index (χ2n) is 9.73. The first kappa shape index (κ1) is 33.6. The van der Waals surface area contributed by atoms with Crippen molar-refractivity contribution in [3.8, 4) is 22.8 Å². The molecule has 16 heteroatoms. The van der Waals surface area contributed by atoms with Gasteiger partial charge in [-0.05, 0) is 36.1 Å². The molecule has 242 valence electrons. The number of carbonyl (C=O) groups is 4. The summed E-state index contributed by atoms with van der Waals surface area (Å²) < 4.78 is 39.8. The van der Waals surface area contributed by atoms with E-state index >= 15 is 0 Å². The Balaban J connectivity index is 0.000000242. The van der Waals surface area contributed by atoms with Crippen molar-refractivity contribution < 1.29 is 37.4 Å². The Morgan fingerprint density at radius 3 is 2.48 bits per heavy atom. The zero-order valence-corrected chi connectivity index (χ0v) is 25.5. The van der Waals surface area contributed by atoms with E-state index in [0.29, 0.717) is 42.7 Å². The normalized spacial score (nSPS) is 13.6. The number of benzene rings is 1. The SMILES string of the molecule is CSCc1cc2nc(c1)OCCCOc1cc(F)ccc1-c1cc(ncc1F)N2.NC(=O)NCCNC(=O)CN1C(=O)C=CC1=O. The van der Waals surface area contributed by atoms with Gasteiger partial charge in [0.25, 0.3) is 11.8 Å². The Labute approximate surface area is 266 Å². The number of hydrogen-bond donors (Lipinski definition) is 4. The summed E-state index contributed by atoms with van der Waals surface area (Å²) in [7, 11) is 0. The Morgan fingerprint density at radius 1 is 1.00 bits per heavy atom. The maximum atomic E-state index is 14.6. The minimum atomic E-state index is -0.687. The summed E-state index contributed by atoms with van der Waals surface area (Å²) in [6.07, 6.45) is 5.91. The van der Waals surface area contributed by atoms with Crippen LogP contribution < -0.4 is 31.2 Å². The predicted octanol–water partition coefficient (Wildman–Crippen LogP) is 2.89. The van der Waals surface area contributed by atoms with Crippen LogP contribution in [0.1, 0.15) is 12.0 Å². The number of pyridine rings is 2. The van der Waals surface area contributed by atoms with Crippen molar-refractivity contribution in [3.05, 3.63) is 71.9 Å². The number of thioether (sulfide) groups is 1. The number of hydrogen-bond acceptors (Lipinski definition) is 10. The number of nitrogens with zero attached hydrogens (tertiary/aromatic N) is 3. The molecule has 0 unspecified atom stereocenters. The summed E-state index contributed by atoms with van der Waals surface area (Å²) in [5, 5.41) is 7.81. The van der Waals surface area contributed by atoms with Crippen molar-refractivity contribution in [2.24, 2.45) is 5.73 Å². The van der Waals surface area contributed by atoms with E-state index in [0.717, 1.165) is 34.6 Å². The van der Waals surface area contributed by atoms with Gasteiger partial charge in [0.2, 0.25) is 11.8 Å². The number of carbonyl (C=O) groups excluding carboxylic acids is 4. The van der Waals surface area contributed by atoms with E-state index in [4.69, 9.17) is 15.2 Å². The van der Waals surface area contributed by atoms with Crippen LogP contribution in [-0.2, 0) is 20.1 Å². The first-order valence-electron chi connectivity index (χ1n) is 13.9. The molecule has 2 aromatic heterocycles. The summed E-state index contributed by atoms with van der Waals surface area (Å²) in [4.78, 5) is 53.2. The van der Waals surface area contributed by atoms with Gasteiger partial charge < -0.3 is 31.2 Å². The van der Waals surface area contributed by atoms with Crippen LogP contribution in [0.15, 0.2) is 54.7 Å². The number of nitrogens with one attached hydrogen (secondary N) is 3. The number of urea groups is 1. The number of primary amides is 1. The number of anilines is 2. The molecule has 5 rings (SSSR count). The highest BCUT2D eigenvalue weighted by atomic mass is 32.2. The maximum Gasteiger partial charge on any atom is 0.312 e. The van der Waals surface area contributed by atoms with Gasteiger partial charge in [0.05, 0.1) is 19.4 Å². The van der Waals surface area contributed by atoms with Gasteiger partial charge in [-0.15, -0.1) is 0 Å². The lowest BCUT2D eigenvalue weighted by Crippen LogP contribution is -2.43. The summed E-state index contributed by atoms with van der Waals surface area (Å²) >= 11 is 1.69. The fourth-order valence-electron chi connectivity index (χ4n) is 4.22. The molecule has 2 aliphatic heterocycles. The van der Waals surface area contributed by atoms with E-state index in [1.165, 1.54) is 18.2 Å².